The number of hydrogen-bond acceptors (Lipinski definition) is 1. The first kappa shape index (κ1) is 13.4. The van der Waals surface area contributed by atoms with Gasteiger partial charge in [0, 0.05) is 0 Å². The van der Waals surface area contributed by atoms with Crippen LogP contribution < -0.4 is 0 Å². The summed E-state index contributed by atoms with van der Waals surface area (Å²) in [6.45, 7) is 4.22. The van der Waals surface area contributed by atoms with E-state index in [4.69, 9.17) is 0 Å². The van der Waals surface area contributed by atoms with Gasteiger partial charge in [0.15, 0.2) is 0 Å². The second-order valence-electron chi connectivity index (χ2n) is 5.42. The monoisotopic (exact) mass is 244 g/mol. The molecule has 1 N–H and O–H groups in total. The number of benzene rings is 1. The summed E-state index contributed by atoms with van der Waals surface area (Å²) in [5, 5.41) is 10.6. The van der Waals surface area contributed by atoms with Crippen molar-refractivity contribution in [2.75, 3.05) is 0 Å². The number of aliphatic hydroxyl groups is 1. The molecule has 0 aliphatic heterocycles. The Morgan fingerprint density at radius 3 is 2.67 bits per heavy atom. The lowest BCUT2D eigenvalue weighted by Gasteiger charge is -2.20. The summed E-state index contributed by atoms with van der Waals surface area (Å²) in [6, 6.07) is 6.22. The Bertz CT molecular complexity index is 431. The second-order valence-corrected chi connectivity index (χ2v) is 5.42. The van der Waals surface area contributed by atoms with Crippen LogP contribution in [0, 0.1) is 13.8 Å². The van der Waals surface area contributed by atoms with Crippen molar-refractivity contribution in [1.82, 2.24) is 0 Å². The molecule has 0 fully saturated rings. The smallest absolute Gasteiger partial charge is 0.100 e. The summed E-state index contributed by atoms with van der Waals surface area (Å²) in [6.07, 6.45) is 9.16. The Morgan fingerprint density at radius 1 is 1.06 bits per heavy atom. The van der Waals surface area contributed by atoms with Gasteiger partial charge in [-0.1, -0.05) is 37.1 Å². The van der Waals surface area contributed by atoms with Crippen molar-refractivity contribution in [3.05, 3.63) is 46.5 Å². The number of rotatable bonds is 2. The zero-order valence-corrected chi connectivity index (χ0v) is 11.6. The first-order valence-electron chi connectivity index (χ1n) is 7.13. The number of aryl methyl sites for hydroxylation is 1. The Hall–Kier alpha value is -1.08. The molecule has 18 heavy (non-hydrogen) atoms. The van der Waals surface area contributed by atoms with Gasteiger partial charge >= 0.3 is 0 Å². The van der Waals surface area contributed by atoms with Gasteiger partial charge in [-0.15, -0.1) is 0 Å². The molecule has 0 spiro atoms. The third-order valence-corrected chi connectivity index (χ3v) is 4.12. The van der Waals surface area contributed by atoms with Gasteiger partial charge in [0.25, 0.3) is 0 Å². The van der Waals surface area contributed by atoms with Crippen LogP contribution in [0.25, 0.3) is 0 Å². The molecule has 0 aromatic heterocycles. The highest BCUT2D eigenvalue weighted by molar-refractivity contribution is 5.38. The maximum atomic E-state index is 10.6. The van der Waals surface area contributed by atoms with Gasteiger partial charge in [-0.05, 0) is 61.8 Å². The normalized spacial score (nSPS) is 21.6. The maximum absolute atomic E-state index is 10.6. The zero-order chi connectivity index (χ0) is 13.0. The first-order valence-corrected chi connectivity index (χ1v) is 7.13. The van der Waals surface area contributed by atoms with Crippen molar-refractivity contribution in [3.8, 4) is 0 Å². The predicted molar refractivity (Wildman–Crippen MR) is 76.7 cm³/mol. The molecular formula is C17H24O. The zero-order valence-electron chi connectivity index (χ0n) is 11.6. The van der Waals surface area contributed by atoms with Crippen LogP contribution in [0.15, 0.2) is 29.8 Å². The molecule has 0 radical (unpaired) electrons. The molecule has 1 aromatic carbocycles. The molecule has 0 saturated carbocycles. The fraction of sp³-hybridized carbons (Fsp3) is 0.529. The van der Waals surface area contributed by atoms with Gasteiger partial charge in [0.05, 0.1) is 0 Å². The molecule has 0 heterocycles. The van der Waals surface area contributed by atoms with E-state index < -0.39 is 6.10 Å². The SMILES string of the molecule is Cc1cccc(C(O)/C2=C/CCCCCC2)c1C. The van der Waals surface area contributed by atoms with Crippen molar-refractivity contribution in [3.63, 3.8) is 0 Å². The van der Waals surface area contributed by atoms with Gasteiger partial charge in [0.1, 0.15) is 6.10 Å². The van der Waals surface area contributed by atoms with Crippen LogP contribution in [-0.4, -0.2) is 5.11 Å². The van der Waals surface area contributed by atoms with Gasteiger partial charge in [-0.2, -0.15) is 0 Å². The lowest BCUT2D eigenvalue weighted by molar-refractivity contribution is 0.208. The Kier molecular flexibility index (Phi) is 4.60. The molecule has 1 aliphatic carbocycles. The summed E-state index contributed by atoms with van der Waals surface area (Å²) >= 11 is 0. The summed E-state index contributed by atoms with van der Waals surface area (Å²) in [4.78, 5) is 0. The van der Waals surface area contributed by atoms with Gasteiger partial charge in [0.2, 0.25) is 0 Å². The maximum Gasteiger partial charge on any atom is 0.100 e. The van der Waals surface area contributed by atoms with E-state index in [0.29, 0.717) is 0 Å². The summed E-state index contributed by atoms with van der Waals surface area (Å²) in [5.74, 6) is 0. The summed E-state index contributed by atoms with van der Waals surface area (Å²) in [7, 11) is 0. The molecular weight excluding hydrogens is 220 g/mol. The highest BCUT2D eigenvalue weighted by Gasteiger charge is 2.16. The van der Waals surface area contributed by atoms with Crippen LogP contribution >= 0.6 is 0 Å². The third-order valence-electron chi connectivity index (χ3n) is 4.12. The van der Waals surface area contributed by atoms with E-state index in [1.165, 1.54) is 42.4 Å². The number of aliphatic hydroxyl groups excluding tert-OH is 1. The summed E-state index contributed by atoms with van der Waals surface area (Å²) < 4.78 is 0. The Morgan fingerprint density at radius 2 is 1.83 bits per heavy atom. The molecule has 1 aliphatic rings. The molecule has 0 bridgehead atoms. The molecule has 1 heteroatoms. The standard InChI is InChI=1S/C17H24O/c1-13-9-8-12-16(14(13)2)17(18)15-10-6-4-3-5-7-11-15/h8-10,12,17-18H,3-7,11H2,1-2H3/b15-10+. The van der Waals surface area contributed by atoms with E-state index in [0.717, 1.165) is 18.4 Å². The van der Waals surface area contributed by atoms with E-state index in [9.17, 15) is 5.11 Å². The van der Waals surface area contributed by atoms with Gasteiger partial charge in [-0.3, -0.25) is 0 Å². The highest BCUT2D eigenvalue weighted by Crippen LogP contribution is 2.31. The Balaban J connectivity index is 2.23. The van der Waals surface area contributed by atoms with Crippen LogP contribution in [0.2, 0.25) is 0 Å². The van der Waals surface area contributed by atoms with Crippen LogP contribution in [-0.2, 0) is 0 Å². The average molecular weight is 244 g/mol. The topological polar surface area (TPSA) is 20.2 Å². The molecule has 98 valence electrons. The van der Waals surface area contributed by atoms with E-state index in [1.54, 1.807) is 0 Å². The third kappa shape index (κ3) is 3.02. The van der Waals surface area contributed by atoms with Crippen LogP contribution in [0.4, 0.5) is 0 Å². The van der Waals surface area contributed by atoms with Gasteiger partial charge < -0.3 is 5.11 Å². The second kappa shape index (κ2) is 6.19. The average Bonchev–Trinajstić information content (AvgIpc) is 2.31. The van der Waals surface area contributed by atoms with E-state index in [-0.39, 0.29) is 0 Å². The largest absolute Gasteiger partial charge is 0.384 e. The lowest BCUT2D eigenvalue weighted by atomic mass is 9.90. The van der Waals surface area contributed by atoms with E-state index in [2.05, 4.69) is 32.1 Å². The molecule has 1 atom stereocenters. The molecule has 1 unspecified atom stereocenters. The highest BCUT2D eigenvalue weighted by atomic mass is 16.3. The molecule has 0 saturated heterocycles. The van der Waals surface area contributed by atoms with Crippen molar-refractivity contribution in [1.29, 1.82) is 0 Å². The Labute approximate surface area is 111 Å². The minimum absolute atomic E-state index is 0.400. The number of allylic oxidation sites excluding steroid dienone is 1. The lowest BCUT2D eigenvalue weighted by Crippen LogP contribution is -2.06. The van der Waals surface area contributed by atoms with Gasteiger partial charge in [-0.25, -0.2) is 0 Å². The number of hydrogen-bond donors (Lipinski definition) is 1. The van der Waals surface area contributed by atoms with Crippen LogP contribution in [0.5, 0.6) is 0 Å². The van der Waals surface area contributed by atoms with Crippen molar-refractivity contribution in [2.24, 2.45) is 0 Å². The summed E-state index contributed by atoms with van der Waals surface area (Å²) in [5.41, 5.74) is 4.80. The molecule has 0 amide bonds. The van der Waals surface area contributed by atoms with Crippen LogP contribution in [0.1, 0.15) is 61.3 Å². The molecule has 1 nitrogen and oxygen atoms in total. The van der Waals surface area contributed by atoms with E-state index >= 15 is 0 Å². The van der Waals surface area contributed by atoms with Crippen molar-refractivity contribution in [2.45, 2.75) is 58.5 Å². The molecule has 1 aromatic rings. The molecule has 2 rings (SSSR count). The fourth-order valence-electron chi connectivity index (χ4n) is 2.73. The predicted octanol–water partition coefficient (Wildman–Crippen LogP) is 4.62. The quantitative estimate of drug-likeness (QED) is 0.753. The fourth-order valence-corrected chi connectivity index (χ4v) is 2.73. The van der Waals surface area contributed by atoms with Crippen molar-refractivity contribution < 1.29 is 5.11 Å². The minimum Gasteiger partial charge on any atom is -0.384 e. The minimum atomic E-state index is -0.400. The van der Waals surface area contributed by atoms with Crippen LogP contribution in [0.3, 0.4) is 0 Å². The van der Waals surface area contributed by atoms with E-state index in [1.807, 2.05) is 6.07 Å². The first-order chi connectivity index (χ1) is 8.70. The van der Waals surface area contributed by atoms with Crippen molar-refractivity contribution >= 4 is 0 Å².